The number of hydrogen-bond donors (Lipinski definition) is 4. The zero-order chi connectivity index (χ0) is 91.2. The Kier molecular flexibility index (Phi) is 38.2. The summed E-state index contributed by atoms with van der Waals surface area (Å²) in [4.78, 5) is 85.0. The molecule has 0 saturated carbocycles. The van der Waals surface area contributed by atoms with E-state index in [9.17, 15) is 45.5 Å². The number of aryl methyl sites for hydroxylation is 6. The van der Waals surface area contributed by atoms with Gasteiger partial charge in [0.25, 0.3) is 0 Å². The van der Waals surface area contributed by atoms with Gasteiger partial charge in [0.1, 0.15) is 17.4 Å². The molecule has 19 aromatic rings. The molecule has 0 unspecified atom stereocenters. The molecule has 0 spiro atoms. The number of fused-ring (bicyclic) bond motifs is 4. The Bertz CT molecular complexity index is 6850. The number of oxazole rings is 1. The van der Waals surface area contributed by atoms with Crippen LogP contribution in [-0.4, -0.2) is 108 Å². The molecule has 0 atom stereocenters. The van der Waals surface area contributed by atoms with Gasteiger partial charge in [-0.3, -0.25) is 43.4 Å². The van der Waals surface area contributed by atoms with Gasteiger partial charge in [-0.15, -0.1) is 143 Å². The van der Waals surface area contributed by atoms with Gasteiger partial charge in [-0.1, -0.05) is 91.0 Å². The van der Waals surface area contributed by atoms with E-state index in [0.717, 1.165) is 102 Å². The van der Waals surface area contributed by atoms with Crippen LogP contribution in [0.2, 0.25) is 0 Å². The molecule has 8 heterocycles. The van der Waals surface area contributed by atoms with Crippen molar-refractivity contribution in [1.82, 2.24) is 64.2 Å². The molecule has 0 fully saturated rings. The van der Waals surface area contributed by atoms with Crippen molar-refractivity contribution in [3.8, 4) is 78.8 Å². The van der Waals surface area contributed by atoms with Crippen LogP contribution in [0.15, 0.2) is 278 Å². The van der Waals surface area contributed by atoms with Gasteiger partial charge in [-0.2, -0.15) is 5.10 Å². The predicted molar refractivity (Wildman–Crippen MR) is 475 cm³/mol. The van der Waals surface area contributed by atoms with Gasteiger partial charge in [0.2, 0.25) is 10.8 Å². The summed E-state index contributed by atoms with van der Waals surface area (Å²) in [6, 6.07) is 81.7. The first-order valence-corrected chi connectivity index (χ1v) is 39.5. The summed E-state index contributed by atoms with van der Waals surface area (Å²) < 4.78 is 87.7. The van der Waals surface area contributed by atoms with E-state index in [1.807, 2.05) is 129 Å². The summed E-state index contributed by atoms with van der Waals surface area (Å²) in [5, 5.41) is 40.0. The second-order valence-corrected chi connectivity index (χ2v) is 29.1. The van der Waals surface area contributed by atoms with Gasteiger partial charge in [0.05, 0.1) is 50.2 Å². The number of nitrogens with zero attached hydrogens (tertiary/aromatic N) is 13. The van der Waals surface area contributed by atoms with Crippen LogP contribution in [0, 0.1) is 101 Å². The van der Waals surface area contributed by atoms with Crippen molar-refractivity contribution in [2.24, 2.45) is 14.1 Å². The average Bonchev–Trinajstić information content (AvgIpc) is 1.75. The maximum atomic E-state index is 13.6. The van der Waals surface area contributed by atoms with E-state index < -0.39 is 47.1 Å². The number of carbonyl (C=O) groups is 4. The standard InChI is InChI=1S/C22H17N2.C20H9F4N2.C20H11F2N2.C15H10N.C7H10N2O2.C5H6N2O2.C5H5NO3.C5H5NO2S.4Ir/c1-15-13-19-20(14-16(15)2)24-22(18-11-7-4-8-12-18)21(23-19)17-9-5-3-6-10-17;21-13-5-1-11(2-6-13)19-20(12-3-7-14(22)8-4-12)26-18-10-16(24)15(23)9-17(18)25-19;21-15-9-5-13(6-10-15)19-20(14-7-11-16(22)12-8-14)24-18-4-2-1-3-17(18)23-19;1-2-7-13(8-3-1)15-14-9-5-4-6-12(14)10-11-16-15;1-4-5(2)9(3)8-6(4)7(10)11;1-7-3-2-6-4(7)5(8)9;1-3-4(5(7)8)6-2-9-3;1-3-2-6-4(9-3)5(7)8;;;;/h3-11,13-14H,1-2H3;1-3,5-10H;1-7,9-12H;1-7,9-11H;1-3H3,(H,10,11);2-3H,1H3,(H,8,9);2*2H,1H3,(H,7,8);;;;/q4*-1;;;;;;;;. The minimum atomic E-state index is -1.05. The molecule has 11 aromatic carbocycles. The number of rotatable bonds is 11. The topological polar surface area (TPSA) is 314 Å². The van der Waals surface area contributed by atoms with E-state index in [0.29, 0.717) is 45.2 Å². The van der Waals surface area contributed by atoms with Crippen molar-refractivity contribution in [3.63, 3.8) is 0 Å². The van der Waals surface area contributed by atoms with Gasteiger partial charge in [-0.25, -0.2) is 51.7 Å². The quantitative estimate of drug-likeness (QED) is 0.0690. The van der Waals surface area contributed by atoms with Crippen molar-refractivity contribution in [1.29, 1.82) is 0 Å². The third-order valence-electron chi connectivity index (χ3n) is 19.1. The van der Waals surface area contributed by atoms with Crippen LogP contribution in [0.1, 0.15) is 74.4 Å². The van der Waals surface area contributed by atoms with E-state index in [1.165, 1.54) is 105 Å². The first-order valence-electron chi connectivity index (χ1n) is 38.7. The number of aromatic nitrogens is 13. The second-order valence-electron chi connectivity index (χ2n) is 27.9. The van der Waals surface area contributed by atoms with Crippen LogP contribution in [-0.2, 0) is 94.5 Å². The van der Waals surface area contributed by atoms with Crippen LogP contribution in [0.25, 0.3) is 123 Å². The Labute approximate surface area is 810 Å². The van der Waals surface area contributed by atoms with Crippen molar-refractivity contribution in [2.75, 3.05) is 0 Å². The van der Waals surface area contributed by atoms with Gasteiger partial charge < -0.3 is 34.4 Å². The zero-order valence-corrected chi connectivity index (χ0v) is 81.0. The largest absolute Gasteiger partial charge is 0.476 e. The minimum Gasteiger partial charge on any atom is -0.476 e. The second kappa shape index (κ2) is 48.7. The molecule has 4 N–H and O–H groups in total. The maximum absolute atomic E-state index is 13.6. The van der Waals surface area contributed by atoms with E-state index in [2.05, 4.69) is 124 Å². The molecule has 0 aliphatic rings. The van der Waals surface area contributed by atoms with Gasteiger partial charge >= 0.3 is 23.9 Å². The normalized spacial score (nSPS) is 10.2. The Morgan fingerprint density at radius 2 is 0.826 bits per heavy atom. The Morgan fingerprint density at radius 3 is 1.20 bits per heavy atom. The first kappa shape index (κ1) is 104. The number of hydrogen-bond acceptors (Lipinski definition) is 17. The number of halogens is 6. The summed E-state index contributed by atoms with van der Waals surface area (Å²) in [7, 11) is 3.37. The van der Waals surface area contributed by atoms with Crippen LogP contribution < -0.4 is 0 Å². The van der Waals surface area contributed by atoms with Crippen LogP contribution in [0.3, 0.4) is 0 Å². The number of carboxylic acid groups (broad SMARTS) is 4. The monoisotopic (exact) mass is 2510 g/mol. The summed E-state index contributed by atoms with van der Waals surface area (Å²) in [5.74, 6) is -7.24. The molecular weight excluding hydrogens is 2430 g/mol. The molecule has 8 aromatic heterocycles. The molecule has 676 valence electrons. The molecular formula is C99H73F6Ir4N13O9S-4. The van der Waals surface area contributed by atoms with Gasteiger partial charge in [0.15, 0.2) is 29.4 Å². The summed E-state index contributed by atoms with van der Waals surface area (Å²) in [6.07, 6.45) is 7.54. The van der Waals surface area contributed by atoms with Gasteiger partial charge in [0, 0.05) is 176 Å². The Morgan fingerprint density at radius 1 is 0.394 bits per heavy atom. The number of thiazole rings is 1. The third kappa shape index (κ3) is 26.9. The number of benzene rings is 11. The average molecular weight is 2500 g/mol. The van der Waals surface area contributed by atoms with E-state index in [1.54, 1.807) is 63.2 Å². The van der Waals surface area contributed by atoms with Crippen molar-refractivity contribution < 1.29 is 151 Å². The third-order valence-corrected chi connectivity index (χ3v) is 20.0. The molecule has 0 bridgehead atoms. The number of carboxylic acids is 4. The molecule has 0 aliphatic carbocycles. The van der Waals surface area contributed by atoms with Crippen LogP contribution in [0.4, 0.5) is 26.3 Å². The Hall–Kier alpha value is -13.8. The number of imidazole rings is 1. The van der Waals surface area contributed by atoms with Crippen molar-refractivity contribution in [3.05, 3.63) is 388 Å². The first-order chi connectivity index (χ1) is 61.5. The number of pyridine rings is 1. The van der Waals surface area contributed by atoms with Crippen molar-refractivity contribution >= 4 is 79.1 Å². The molecule has 0 aliphatic heterocycles. The molecule has 132 heavy (non-hydrogen) atoms. The number of para-hydroxylation sites is 2. The predicted octanol–water partition coefficient (Wildman–Crippen LogP) is 22.1. The molecule has 19 rings (SSSR count). The molecule has 22 nitrogen and oxygen atoms in total. The Balaban J connectivity index is 0.000000191. The summed E-state index contributed by atoms with van der Waals surface area (Å²) in [5.41, 5.74) is 17.8. The fourth-order valence-corrected chi connectivity index (χ4v) is 12.9. The SMILES string of the molecule is Cc1c(C(=O)O)nn(C)c1C.Cc1cc2nc(-c3[c-]cccc3)c(-c3ccccc3)nc2cc1C.Cc1cnc(C(=O)O)s1.Cc1ocnc1C(=O)O.Cn1ccnc1C(=O)O.Fc1c[c-]c(-c2nc3cc(F)c(F)cc3nc2-c2ccc(F)cc2)cc1.Fc1c[c-]c(-c2nc3ccccc3nc2-c2ccc(F)cc2)cc1.[Ir].[Ir].[Ir].[Ir].[c-]1ccccc1-c1nccc2ccccc12. The van der Waals surface area contributed by atoms with E-state index in [4.69, 9.17) is 30.4 Å². The zero-order valence-electron chi connectivity index (χ0n) is 70.6. The van der Waals surface area contributed by atoms with Gasteiger partial charge in [-0.05, 0) is 140 Å². The van der Waals surface area contributed by atoms with Crippen molar-refractivity contribution in [2.45, 2.75) is 41.5 Å². The van der Waals surface area contributed by atoms with Crippen LogP contribution >= 0.6 is 11.3 Å². The summed E-state index contributed by atoms with van der Waals surface area (Å²) >= 11 is 1.19. The maximum Gasteiger partial charge on any atom is 0.372 e. The molecule has 4 radical (unpaired) electrons. The smallest absolute Gasteiger partial charge is 0.372 e. The summed E-state index contributed by atoms with van der Waals surface area (Å²) in [6.45, 7) is 11.2. The number of aromatic carboxylic acids is 4. The van der Waals surface area contributed by atoms with E-state index in [-0.39, 0.29) is 125 Å². The molecule has 0 amide bonds. The fourth-order valence-electron chi connectivity index (χ4n) is 12.3. The molecule has 0 saturated heterocycles. The van der Waals surface area contributed by atoms with Crippen LogP contribution in [0.5, 0.6) is 0 Å². The molecule has 33 heteroatoms. The van der Waals surface area contributed by atoms with E-state index >= 15 is 0 Å². The minimum absolute atomic E-state index is 0. The fraction of sp³-hybridized carbons (Fsp3) is 0.0808.